The van der Waals surface area contributed by atoms with E-state index in [0.29, 0.717) is 4.57 Å². The number of rotatable bonds is 10. The Balaban J connectivity index is 0.00000380. The summed E-state index contributed by atoms with van der Waals surface area (Å²) in [5.41, 5.74) is -1.76. The van der Waals surface area contributed by atoms with Crippen molar-refractivity contribution in [2.24, 2.45) is 0 Å². The first-order valence-corrected chi connectivity index (χ1v) is 13.3. The third-order valence-electron chi connectivity index (χ3n) is 5.45. The first-order valence-electron chi connectivity index (χ1n) is 10.4. The number of aliphatic hydroxyl groups excluding tert-OH is 6. The second-order valence-corrected chi connectivity index (χ2v) is 11.0. The summed E-state index contributed by atoms with van der Waals surface area (Å²) in [6.45, 7) is -2.98. The van der Waals surface area contributed by atoms with Crippen LogP contribution >= 0.6 is 15.6 Å². The van der Waals surface area contributed by atoms with E-state index in [-0.39, 0.29) is 59.1 Å². The van der Waals surface area contributed by atoms with Crippen LogP contribution in [0.15, 0.2) is 21.9 Å². The van der Waals surface area contributed by atoms with E-state index in [9.17, 15) is 54.0 Å². The Morgan fingerprint density at radius 1 is 0.846 bits per heavy atom. The third-order valence-corrected chi connectivity index (χ3v) is 7.98. The predicted molar refractivity (Wildman–Crippen MR) is 109 cm³/mol. The van der Waals surface area contributed by atoms with E-state index in [1.165, 1.54) is 0 Å². The van der Waals surface area contributed by atoms with E-state index in [0.717, 1.165) is 12.3 Å². The molecule has 2 unspecified atom stereocenters. The van der Waals surface area contributed by atoms with Crippen molar-refractivity contribution in [3.8, 4) is 0 Å². The van der Waals surface area contributed by atoms with E-state index in [1.807, 2.05) is 4.98 Å². The van der Waals surface area contributed by atoms with Crippen LogP contribution in [0.4, 0.5) is 0 Å². The summed E-state index contributed by atoms with van der Waals surface area (Å²) in [5, 5.41) is 58.6. The molecule has 0 aromatic carbocycles. The Morgan fingerprint density at radius 2 is 1.33 bits per heavy atom. The van der Waals surface area contributed by atoms with Gasteiger partial charge in [-0.15, -0.1) is 0 Å². The number of nitrogens with one attached hydrogen (secondary N) is 1. The minimum absolute atomic E-state index is 0. The van der Waals surface area contributed by atoms with Crippen LogP contribution < -0.4 is 80.2 Å². The largest absolute Gasteiger partial charge is 1.00 e. The monoisotopic (exact) mass is 624 g/mol. The van der Waals surface area contributed by atoms with E-state index < -0.39 is 102 Å². The first-order chi connectivity index (χ1) is 17.2. The second-order valence-electron chi connectivity index (χ2n) is 8.00. The zero-order chi connectivity index (χ0) is 27.7. The minimum Gasteiger partial charge on any atom is -0.756 e. The number of nitrogens with zero attached hydrogens (tertiary/aromatic N) is 1. The van der Waals surface area contributed by atoms with Crippen LogP contribution in [0, 0.1) is 0 Å². The van der Waals surface area contributed by atoms with Gasteiger partial charge in [0.15, 0.2) is 6.23 Å². The fourth-order valence-corrected chi connectivity index (χ4v) is 5.56. The molecule has 2 saturated heterocycles. The van der Waals surface area contributed by atoms with E-state index >= 15 is 0 Å². The third kappa shape index (κ3) is 9.56. The molecule has 0 radical (unpaired) electrons. The summed E-state index contributed by atoms with van der Waals surface area (Å²) in [7, 11) is -11.4. The van der Waals surface area contributed by atoms with Gasteiger partial charge in [-0.2, -0.15) is 0 Å². The summed E-state index contributed by atoms with van der Waals surface area (Å²) in [6.07, 6.45) is -14.3. The number of aliphatic hydroxyl groups is 6. The van der Waals surface area contributed by atoms with Crippen molar-refractivity contribution in [3.05, 3.63) is 33.1 Å². The van der Waals surface area contributed by atoms with Gasteiger partial charge in [0.2, 0.25) is 0 Å². The van der Waals surface area contributed by atoms with Crippen molar-refractivity contribution < 1.29 is 132 Å². The van der Waals surface area contributed by atoms with Crippen LogP contribution in [0.3, 0.4) is 0 Å². The summed E-state index contributed by atoms with van der Waals surface area (Å²) in [5.74, 6) is 0. The maximum absolute atomic E-state index is 12.0. The average molecular weight is 624 g/mol. The van der Waals surface area contributed by atoms with Gasteiger partial charge in [0, 0.05) is 12.3 Å². The van der Waals surface area contributed by atoms with Crippen LogP contribution in [-0.4, -0.2) is 109 Å². The molecular weight excluding hydrogens is 600 g/mol. The maximum Gasteiger partial charge on any atom is 1.00 e. The molecule has 1 aromatic heterocycles. The summed E-state index contributed by atoms with van der Waals surface area (Å²) < 4.78 is 47.5. The normalized spacial score (nSPS) is 35.7. The molecule has 39 heavy (non-hydrogen) atoms. The number of phosphoric ester groups is 2. The molecule has 1 aromatic rings. The molecule has 19 nitrogen and oxygen atoms in total. The fourth-order valence-electron chi connectivity index (χ4n) is 3.54. The molecule has 3 heterocycles. The number of H-pyrrole nitrogens is 1. The average Bonchev–Trinajstić information content (AvgIpc) is 3.09. The number of hydrogen-bond acceptors (Lipinski definition) is 17. The summed E-state index contributed by atoms with van der Waals surface area (Å²) in [4.78, 5) is 48.9. The van der Waals surface area contributed by atoms with Gasteiger partial charge in [-0.05, 0) is 0 Å². The molecule has 0 aliphatic carbocycles. The van der Waals surface area contributed by atoms with Gasteiger partial charge in [0.05, 0.1) is 19.8 Å². The van der Waals surface area contributed by atoms with Crippen molar-refractivity contribution in [1.29, 1.82) is 0 Å². The molecule has 2 aliphatic heterocycles. The van der Waals surface area contributed by atoms with Crippen molar-refractivity contribution >= 4 is 15.6 Å². The Kier molecular flexibility index (Phi) is 14.8. The molecule has 2 fully saturated rings. The number of phosphoric acid groups is 2. The van der Waals surface area contributed by atoms with Crippen molar-refractivity contribution in [2.75, 3.05) is 19.8 Å². The SMILES string of the molecule is O=c1ccn([C@@H]2O[C@H](COP(=O)([O-])OP(=O)([O-])OC[C@H]3O[C@H](CO)[C@H](O)[C@H](O)[C@H]3O)[C@@H](O)[C@H]2O)c(=O)[nH]1.[Na+].[Na+]. The first kappa shape index (κ1) is 37.6. The van der Waals surface area contributed by atoms with E-state index in [2.05, 4.69) is 13.4 Å². The van der Waals surface area contributed by atoms with Crippen LogP contribution in [-0.2, 0) is 32.0 Å². The topological polar surface area (TPSA) is 303 Å². The molecule has 11 atom stereocenters. The predicted octanol–water partition coefficient (Wildman–Crippen LogP) is -12.0. The van der Waals surface area contributed by atoms with Gasteiger partial charge in [0.1, 0.15) is 48.8 Å². The van der Waals surface area contributed by atoms with E-state index in [4.69, 9.17) is 14.6 Å². The Labute approximate surface area is 263 Å². The second kappa shape index (κ2) is 15.4. The maximum atomic E-state index is 12.0. The quantitative estimate of drug-likeness (QED) is 0.0939. The molecule has 3 rings (SSSR count). The molecular formula is C16H24N2Na2O17P2. The van der Waals surface area contributed by atoms with Crippen molar-refractivity contribution in [1.82, 2.24) is 9.55 Å². The summed E-state index contributed by atoms with van der Waals surface area (Å²) in [6, 6.07) is 0.920. The van der Waals surface area contributed by atoms with Gasteiger partial charge in [0.25, 0.3) is 21.2 Å². The summed E-state index contributed by atoms with van der Waals surface area (Å²) >= 11 is 0. The van der Waals surface area contributed by atoms with Gasteiger partial charge in [-0.3, -0.25) is 23.5 Å². The zero-order valence-electron chi connectivity index (χ0n) is 20.5. The molecule has 212 valence electrons. The number of hydrogen-bond donors (Lipinski definition) is 7. The van der Waals surface area contributed by atoms with Crippen LogP contribution in [0.2, 0.25) is 0 Å². The molecule has 2 aliphatic rings. The zero-order valence-corrected chi connectivity index (χ0v) is 26.3. The molecule has 0 bridgehead atoms. The van der Waals surface area contributed by atoms with Gasteiger partial charge >= 0.3 is 64.8 Å². The fraction of sp³-hybridized carbons (Fsp3) is 0.750. The molecule has 23 heteroatoms. The Morgan fingerprint density at radius 3 is 1.85 bits per heavy atom. The molecule has 0 amide bonds. The van der Waals surface area contributed by atoms with Crippen molar-refractivity contribution in [3.63, 3.8) is 0 Å². The minimum atomic E-state index is -5.72. The van der Waals surface area contributed by atoms with Gasteiger partial charge in [-0.25, -0.2) is 9.11 Å². The standard InChI is InChI=1S/C16H26N2O17P2.2Na/c19-3-6-10(21)13(24)11(22)7(33-6)4-31-36(27,28)35-37(29,30)32-5-8-12(23)14(25)15(34-8)18-2-1-9(20)17-16(18)26;;/h1-2,6-8,10-15,19,21-25H,3-5H2,(H,27,28)(H,29,30)(H,17,20,26);;/q;2*+1/p-2/t6-,7-,8-,10+,11+,12-,13+,14-,15-;;/m1../s1. The number of aromatic nitrogens is 2. The van der Waals surface area contributed by atoms with E-state index in [1.54, 1.807) is 0 Å². The molecule has 0 spiro atoms. The van der Waals surface area contributed by atoms with Gasteiger partial charge in [-0.1, -0.05) is 0 Å². The van der Waals surface area contributed by atoms with Crippen LogP contribution in [0.25, 0.3) is 0 Å². The van der Waals surface area contributed by atoms with Crippen LogP contribution in [0.5, 0.6) is 0 Å². The van der Waals surface area contributed by atoms with Gasteiger partial charge < -0.3 is 58.9 Å². The number of ether oxygens (including phenoxy) is 2. The Hall–Kier alpha value is 0.620. The number of aromatic amines is 1. The molecule has 0 saturated carbocycles. The van der Waals surface area contributed by atoms with Crippen LogP contribution in [0.1, 0.15) is 6.23 Å². The van der Waals surface area contributed by atoms with Crippen molar-refractivity contribution in [2.45, 2.75) is 55.1 Å². The Bertz CT molecular complexity index is 1150. The smallest absolute Gasteiger partial charge is 0.756 e. The molecule has 7 N–H and O–H groups in total.